The molecule has 0 aliphatic carbocycles. The lowest BCUT2D eigenvalue weighted by molar-refractivity contribution is 0.185. The lowest BCUT2D eigenvalue weighted by Gasteiger charge is -2.08. The number of ether oxygens (including phenoxy) is 1. The quantitative estimate of drug-likeness (QED) is 0.811. The highest BCUT2D eigenvalue weighted by Gasteiger charge is 2.07. The fourth-order valence-electron chi connectivity index (χ4n) is 1.79. The van der Waals surface area contributed by atoms with Crippen molar-refractivity contribution in [2.24, 2.45) is 0 Å². The molecule has 1 aromatic carbocycles. The van der Waals surface area contributed by atoms with E-state index < -0.39 is 0 Å². The summed E-state index contributed by atoms with van der Waals surface area (Å²) in [5.74, 6) is 0. The maximum absolute atomic E-state index is 11.7. The molecule has 0 amide bonds. The summed E-state index contributed by atoms with van der Waals surface area (Å²) in [7, 11) is 1.65. The van der Waals surface area contributed by atoms with Crippen molar-refractivity contribution in [3.05, 3.63) is 45.9 Å². The second kappa shape index (κ2) is 3.87. The molecule has 3 heteroatoms. The number of rotatable bonds is 2. The number of nitrogens with one attached hydrogen (secondary N) is 1. The lowest BCUT2D eigenvalue weighted by atomic mass is 10.1. The number of aromatic nitrogens is 1. The van der Waals surface area contributed by atoms with Crippen molar-refractivity contribution in [1.82, 2.24) is 4.98 Å². The highest BCUT2D eigenvalue weighted by Crippen LogP contribution is 2.17. The molecule has 0 fully saturated rings. The summed E-state index contributed by atoms with van der Waals surface area (Å²) in [4.78, 5) is 14.5. The van der Waals surface area contributed by atoms with Gasteiger partial charge in [-0.2, -0.15) is 0 Å². The summed E-state index contributed by atoms with van der Waals surface area (Å²) in [5, 5.41) is 1.69. The van der Waals surface area contributed by atoms with Crippen LogP contribution in [0, 0.1) is 6.92 Å². The number of pyridine rings is 1. The fourth-order valence-corrected chi connectivity index (χ4v) is 1.79. The molecular weight excluding hydrogens is 190 g/mol. The first kappa shape index (κ1) is 9.93. The van der Waals surface area contributed by atoms with Gasteiger partial charge in [-0.15, -0.1) is 0 Å². The Morgan fingerprint density at radius 1 is 1.27 bits per heavy atom. The summed E-state index contributed by atoms with van der Waals surface area (Å²) >= 11 is 0. The number of hydrogen-bond acceptors (Lipinski definition) is 2. The first-order chi connectivity index (χ1) is 7.24. The van der Waals surface area contributed by atoms with E-state index in [9.17, 15) is 4.79 Å². The van der Waals surface area contributed by atoms with Crippen LogP contribution >= 0.6 is 0 Å². The molecular formula is C12H13NO2. The highest BCUT2D eigenvalue weighted by atomic mass is 16.5. The smallest absolute Gasteiger partial charge is 0.256 e. The first-order valence-corrected chi connectivity index (χ1v) is 4.83. The number of hydrogen-bond donors (Lipinski definition) is 1. The summed E-state index contributed by atoms with van der Waals surface area (Å²) in [6.07, 6.45) is 0. The number of H-pyrrole nitrogens is 1. The van der Waals surface area contributed by atoms with Crippen molar-refractivity contribution in [2.45, 2.75) is 13.5 Å². The molecule has 0 spiro atoms. The van der Waals surface area contributed by atoms with E-state index >= 15 is 0 Å². The van der Waals surface area contributed by atoms with Gasteiger partial charge in [-0.3, -0.25) is 4.79 Å². The molecule has 2 rings (SSSR count). The van der Waals surface area contributed by atoms with Crippen LogP contribution in [0.5, 0.6) is 0 Å². The van der Waals surface area contributed by atoms with Crippen LogP contribution in [0.1, 0.15) is 11.3 Å². The Kier molecular flexibility index (Phi) is 2.56. The van der Waals surface area contributed by atoms with E-state index in [-0.39, 0.29) is 5.56 Å². The Bertz CT molecular complexity index is 543. The molecule has 0 unspecified atom stereocenters. The fraction of sp³-hybridized carbons (Fsp3) is 0.250. The largest absolute Gasteiger partial charge is 0.380 e. The third kappa shape index (κ3) is 1.66. The Hall–Kier alpha value is -1.61. The van der Waals surface area contributed by atoms with Crippen molar-refractivity contribution in [2.75, 3.05) is 7.11 Å². The summed E-state index contributed by atoms with van der Waals surface area (Å²) in [6, 6.07) is 7.57. The molecule has 0 saturated heterocycles. The zero-order valence-electron chi connectivity index (χ0n) is 8.83. The monoisotopic (exact) mass is 203 g/mol. The van der Waals surface area contributed by atoms with Crippen LogP contribution in [0.15, 0.2) is 29.1 Å². The van der Waals surface area contributed by atoms with Gasteiger partial charge in [0, 0.05) is 23.8 Å². The molecule has 0 atom stereocenters. The standard InChI is InChI=1S/C12H13NO2/c1-8-11(7-15-2)9-5-3-4-6-10(9)12(14)13-8/h3-6H,7H2,1-2H3,(H,13,14). The third-order valence-corrected chi connectivity index (χ3v) is 2.54. The van der Waals surface area contributed by atoms with Crippen LogP contribution < -0.4 is 5.56 Å². The Morgan fingerprint density at radius 3 is 2.60 bits per heavy atom. The van der Waals surface area contributed by atoms with Crippen LogP contribution in [0.2, 0.25) is 0 Å². The number of benzene rings is 1. The van der Waals surface area contributed by atoms with Crippen molar-refractivity contribution in [3.8, 4) is 0 Å². The van der Waals surface area contributed by atoms with Gasteiger partial charge in [0.25, 0.3) is 5.56 Å². The second-order valence-corrected chi connectivity index (χ2v) is 3.54. The predicted octanol–water partition coefficient (Wildman–Crippen LogP) is 1.98. The number of aryl methyl sites for hydroxylation is 1. The molecule has 3 nitrogen and oxygen atoms in total. The van der Waals surface area contributed by atoms with Crippen LogP contribution in [-0.4, -0.2) is 12.1 Å². The topological polar surface area (TPSA) is 42.1 Å². The molecule has 78 valence electrons. The van der Waals surface area contributed by atoms with Gasteiger partial charge in [0.05, 0.1) is 6.61 Å². The Balaban J connectivity index is 2.83. The van der Waals surface area contributed by atoms with Gasteiger partial charge in [0.1, 0.15) is 0 Å². The molecule has 0 bridgehead atoms. The van der Waals surface area contributed by atoms with Gasteiger partial charge in [-0.05, 0) is 18.4 Å². The van der Waals surface area contributed by atoms with E-state index in [0.717, 1.165) is 22.0 Å². The van der Waals surface area contributed by atoms with E-state index in [1.165, 1.54) is 0 Å². The van der Waals surface area contributed by atoms with Gasteiger partial charge < -0.3 is 9.72 Å². The molecule has 1 heterocycles. The van der Waals surface area contributed by atoms with Gasteiger partial charge in [-0.25, -0.2) is 0 Å². The van der Waals surface area contributed by atoms with E-state index in [1.807, 2.05) is 31.2 Å². The number of fused-ring (bicyclic) bond motifs is 1. The Labute approximate surface area is 87.7 Å². The maximum atomic E-state index is 11.7. The minimum atomic E-state index is -0.0389. The summed E-state index contributed by atoms with van der Waals surface area (Å²) in [5.41, 5.74) is 1.89. The van der Waals surface area contributed by atoms with Gasteiger partial charge in [-0.1, -0.05) is 18.2 Å². The number of methoxy groups -OCH3 is 1. The lowest BCUT2D eigenvalue weighted by Crippen LogP contribution is -2.11. The second-order valence-electron chi connectivity index (χ2n) is 3.54. The van der Waals surface area contributed by atoms with Gasteiger partial charge >= 0.3 is 0 Å². The van der Waals surface area contributed by atoms with Crippen LogP contribution in [0.3, 0.4) is 0 Å². The third-order valence-electron chi connectivity index (χ3n) is 2.54. The minimum Gasteiger partial charge on any atom is -0.380 e. The van der Waals surface area contributed by atoms with Crippen LogP contribution in [0.4, 0.5) is 0 Å². The van der Waals surface area contributed by atoms with Crippen LogP contribution in [-0.2, 0) is 11.3 Å². The average Bonchev–Trinajstić information content (AvgIpc) is 2.24. The van der Waals surface area contributed by atoms with E-state index in [4.69, 9.17) is 4.74 Å². The van der Waals surface area contributed by atoms with Crippen molar-refractivity contribution in [1.29, 1.82) is 0 Å². The van der Waals surface area contributed by atoms with Crippen molar-refractivity contribution < 1.29 is 4.74 Å². The molecule has 1 N–H and O–H groups in total. The summed E-state index contributed by atoms with van der Waals surface area (Å²) in [6.45, 7) is 2.41. The normalized spacial score (nSPS) is 10.8. The van der Waals surface area contributed by atoms with Gasteiger partial charge in [0.2, 0.25) is 0 Å². The first-order valence-electron chi connectivity index (χ1n) is 4.83. The molecule has 15 heavy (non-hydrogen) atoms. The number of aromatic amines is 1. The molecule has 0 radical (unpaired) electrons. The average molecular weight is 203 g/mol. The molecule has 0 aliphatic heterocycles. The van der Waals surface area contributed by atoms with Crippen LogP contribution in [0.25, 0.3) is 10.8 Å². The molecule has 0 aliphatic rings. The summed E-state index contributed by atoms with van der Waals surface area (Å²) < 4.78 is 5.13. The SMILES string of the molecule is COCc1c(C)[nH]c(=O)c2ccccc12. The molecule has 2 aromatic rings. The van der Waals surface area contributed by atoms with Crippen molar-refractivity contribution >= 4 is 10.8 Å². The highest BCUT2D eigenvalue weighted by molar-refractivity contribution is 5.85. The van der Waals surface area contributed by atoms with E-state index in [1.54, 1.807) is 7.11 Å². The Morgan fingerprint density at radius 2 is 1.93 bits per heavy atom. The van der Waals surface area contributed by atoms with Crippen molar-refractivity contribution in [3.63, 3.8) is 0 Å². The molecule has 0 saturated carbocycles. The zero-order chi connectivity index (χ0) is 10.8. The van der Waals surface area contributed by atoms with E-state index in [2.05, 4.69) is 4.98 Å². The maximum Gasteiger partial charge on any atom is 0.256 e. The van der Waals surface area contributed by atoms with E-state index in [0.29, 0.717) is 6.61 Å². The minimum absolute atomic E-state index is 0.0389. The predicted molar refractivity (Wildman–Crippen MR) is 60.0 cm³/mol. The zero-order valence-corrected chi connectivity index (χ0v) is 8.83. The molecule has 1 aromatic heterocycles. The van der Waals surface area contributed by atoms with Gasteiger partial charge in [0.15, 0.2) is 0 Å².